The molecule has 3 aromatic rings. The number of rotatable bonds is 5. The zero-order valence-electron chi connectivity index (χ0n) is 12.4. The first-order valence-electron chi connectivity index (χ1n) is 7.37. The van der Waals surface area contributed by atoms with Gasteiger partial charge in [0.1, 0.15) is 5.82 Å². The van der Waals surface area contributed by atoms with Gasteiger partial charge in [-0.2, -0.15) is 16.3 Å². The molecule has 0 spiro atoms. The van der Waals surface area contributed by atoms with Crippen LogP contribution in [0.15, 0.2) is 42.5 Å². The summed E-state index contributed by atoms with van der Waals surface area (Å²) in [5.41, 5.74) is 1.78. The van der Waals surface area contributed by atoms with Crippen molar-refractivity contribution >= 4 is 23.2 Å². The number of fused-ring (bicyclic) bond motifs is 1. The zero-order chi connectivity index (χ0) is 15.0. The van der Waals surface area contributed by atoms with Gasteiger partial charge >= 0.3 is 0 Å². The van der Waals surface area contributed by atoms with Crippen LogP contribution in [0, 0.1) is 0 Å². The van der Waals surface area contributed by atoms with Gasteiger partial charge in [0.25, 0.3) is 0 Å². The second kappa shape index (κ2) is 5.28. The molecular weight excluding hydrogens is 294 g/mol. The number of anilines is 1. The summed E-state index contributed by atoms with van der Waals surface area (Å²) >= 11 is 1.94. The maximum absolute atomic E-state index is 4.65. The van der Waals surface area contributed by atoms with Gasteiger partial charge in [-0.3, -0.25) is 0 Å². The van der Waals surface area contributed by atoms with Gasteiger partial charge in [-0.1, -0.05) is 30.3 Å². The smallest absolute Gasteiger partial charge is 0.185 e. The Hall–Kier alpha value is -2.08. The number of aromatic nitrogens is 4. The summed E-state index contributed by atoms with van der Waals surface area (Å²) in [7, 11) is 0. The number of thioether (sulfide) groups is 1. The summed E-state index contributed by atoms with van der Waals surface area (Å²) in [6.07, 6.45) is 4.75. The third-order valence-electron chi connectivity index (χ3n) is 4.13. The van der Waals surface area contributed by atoms with Crippen molar-refractivity contribution in [1.29, 1.82) is 0 Å². The minimum Gasteiger partial charge on any atom is -0.367 e. The topological polar surface area (TPSA) is 55.1 Å². The minimum absolute atomic E-state index is 0.409. The Labute approximate surface area is 133 Å². The number of nitrogens with zero attached hydrogens (tertiary/aromatic N) is 4. The molecule has 1 N–H and O–H groups in total. The third kappa shape index (κ3) is 2.43. The quantitative estimate of drug-likeness (QED) is 0.784. The maximum atomic E-state index is 4.65. The van der Waals surface area contributed by atoms with Gasteiger partial charge in [-0.05, 0) is 31.2 Å². The Morgan fingerprint density at radius 2 is 1.95 bits per heavy atom. The average molecular weight is 311 g/mol. The van der Waals surface area contributed by atoms with E-state index in [9.17, 15) is 0 Å². The first kappa shape index (κ1) is 13.6. The van der Waals surface area contributed by atoms with Crippen LogP contribution in [0.5, 0.6) is 0 Å². The van der Waals surface area contributed by atoms with Crippen molar-refractivity contribution in [3.05, 3.63) is 42.5 Å². The predicted octanol–water partition coefficient (Wildman–Crippen LogP) is 3.10. The van der Waals surface area contributed by atoms with Gasteiger partial charge in [0.15, 0.2) is 11.5 Å². The molecule has 5 nitrogen and oxygen atoms in total. The van der Waals surface area contributed by atoms with Crippen LogP contribution in [0.3, 0.4) is 0 Å². The highest BCUT2D eigenvalue weighted by molar-refractivity contribution is 8.00. The Bertz CT molecular complexity index is 795. The van der Waals surface area contributed by atoms with E-state index in [2.05, 4.69) is 26.9 Å². The molecular formula is C16H17N5S. The summed E-state index contributed by atoms with van der Waals surface area (Å²) in [5.74, 6) is 1.63. The van der Waals surface area contributed by atoms with Gasteiger partial charge in [0.2, 0.25) is 0 Å². The van der Waals surface area contributed by atoms with Crippen molar-refractivity contribution in [3.8, 4) is 11.4 Å². The van der Waals surface area contributed by atoms with E-state index < -0.39 is 0 Å². The fraction of sp³-hybridized carbons (Fsp3) is 0.312. The molecule has 0 amide bonds. The summed E-state index contributed by atoms with van der Waals surface area (Å²) < 4.78 is 2.21. The molecule has 1 aliphatic rings. The van der Waals surface area contributed by atoms with Crippen LogP contribution in [0.2, 0.25) is 0 Å². The van der Waals surface area contributed by atoms with Gasteiger partial charge in [-0.25, -0.2) is 0 Å². The second-order valence-corrected chi connectivity index (χ2v) is 6.89. The Morgan fingerprint density at radius 1 is 1.14 bits per heavy atom. The molecule has 1 aliphatic carbocycles. The molecule has 0 saturated heterocycles. The van der Waals surface area contributed by atoms with Crippen LogP contribution in [-0.2, 0) is 0 Å². The molecule has 2 heterocycles. The molecule has 6 heteroatoms. The molecule has 1 fully saturated rings. The molecule has 22 heavy (non-hydrogen) atoms. The van der Waals surface area contributed by atoms with Gasteiger partial charge in [0.05, 0.1) is 0 Å². The first-order valence-corrected chi connectivity index (χ1v) is 8.59. The minimum atomic E-state index is 0.409. The lowest BCUT2D eigenvalue weighted by atomic mass is 10.2. The lowest BCUT2D eigenvalue weighted by Crippen LogP contribution is -2.18. The summed E-state index contributed by atoms with van der Waals surface area (Å²) in [4.78, 5) is 0. The fourth-order valence-electron chi connectivity index (χ4n) is 2.49. The molecule has 4 rings (SSSR count). The van der Waals surface area contributed by atoms with Crippen molar-refractivity contribution in [2.45, 2.75) is 17.6 Å². The lowest BCUT2D eigenvalue weighted by molar-refractivity contribution is 0.895. The molecule has 1 aromatic carbocycles. The van der Waals surface area contributed by atoms with Crippen LogP contribution in [0.4, 0.5) is 5.82 Å². The SMILES string of the molecule is CSC1(CNc2ccc3nnc(-c4ccccc4)n3n2)CC1. The van der Waals surface area contributed by atoms with Crippen LogP contribution in [-0.4, -0.2) is 37.4 Å². The van der Waals surface area contributed by atoms with E-state index in [1.54, 1.807) is 4.52 Å². The Kier molecular flexibility index (Phi) is 3.26. The number of nitrogens with one attached hydrogen (secondary N) is 1. The molecule has 0 unspecified atom stereocenters. The van der Waals surface area contributed by atoms with Crippen molar-refractivity contribution in [2.24, 2.45) is 0 Å². The van der Waals surface area contributed by atoms with E-state index in [1.165, 1.54) is 12.8 Å². The lowest BCUT2D eigenvalue weighted by Gasteiger charge is -2.13. The fourth-order valence-corrected chi connectivity index (χ4v) is 3.22. The van der Waals surface area contributed by atoms with Crippen molar-refractivity contribution in [2.75, 3.05) is 18.1 Å². The number of benzene rings is 1. The highest BCUT2D eigenvalue weighted by Gasteiger charge is 2.41. The highest BCUT2D eigenvalue weighted by Crippen LogP contribution is 2.46. The number of hydrogen-bond acceptors (Lipinski definition) is 5. The maximum Gasteiger partial charge on any atom is 0.185 e. The van der Waals surface area contributed by atoms with E-state index in [4.69, 9.17) is 0 Å². The molecule has 0 radical (unpaired) electrons. The Balaban J connectivity index is 1.65. The molecule has 0 aliphatic heterocycles. The summed E-state index contributed by atoms with van der Waals surface area (Å²) in [6, 6.07) is 13.9. The molecule has 1 saturated carbocycles. The van der Waals surface area contributed by atoms with E-state index in [1.807, 2.05) is 54.2 Å². The van der Waals surface area contributed by atoms with Crippen molar-refractivity contribution < 1.29 is 0 Å². The molecule has 0 atom stereocenters. The Morgan fingerprint density at radius 3 is 2.68 bits per heavy atom. The van der Waals surface area contributed by atoms with Crippen LogP contribution in [0.25, 0.3) is 17.0 Å². The molecule has 0 bridgehead atoms. The standard InChI is InChI=1S/C16H17N5S/c1-22-16(9-10-16)11-17-13-7-8-14-18-19-15(21(14)20-13)12-5-3-2-4-6-12/h2-8H,9-11H2,1H3,(H,17,20). The van der Waals surface area contributed by atoms with Gasteiger partial charge < -0.3 is 5.32 Å². The van der Waals surface area contributed by atoms with E-state index in [0.717, 1.165) is 29.4 Å². The zero-order valence-corrected chi connectivity index (χ0v) is 13.2. The first-order chi connectivity index (χ1) is 10.8. The van der Waals surface area contributed by atoms with E-state index >= 15 is 0 Å². The highest BCUT2D eigenvalue weighted by atomic mass is 32.2. The van der Waals surface area contributed by atoms with Crippen molar-refractivity contribution in [3.63, 3.8) is 0 Å². The normalized spacial score (nSPS) is 15.9. The predicted molar refractivity (Wildman–Crippen MR) is 90.2 cm³/mol. The number of hydrogen-bond donors (Lipinski definition) is 1. The third-order valence-corrected chi connectivity index (χ3v) is 5.55. The van der Waals surface area contributed by atoms with Crippen LogP contribution in [0.1, 0.15) is 12.8 Å². The van der Waals surface area contributed by atoms with E-state index in [-0.39, 0.29) is 0 Å². The molecule has 2 aromatic heterocycles. The van der Waals surface area contributed by atoms with Crippen LogP contribution >= 0.6 is 11.8 Å². The van der Waals surface area contributed by atoms with Crippen molar-refractivity contribution in [1.82, 2.24) is 19.8 Å². The molecule has 112 valence electrons. The van der Waals surface area contributed by atoms with E-state index in [0.29, 0.717) is 4.75 Å². The average Bonchev–Trinajstić information content (AvgIpc) is 3.25. The van der Waals surface area contributed by atoms with Gasteiger partial charge in [0, 0.05) is 16.9 Å². The van der Waals surface area contributed by atoms with Gasteiger partial charge in [-0.15, -0.1) is 15.3 Å². The largest absolute Gasteiger partial charge is 0.367 e. The summed E-state index contributed by atoms with van der Waals surface area (Å²) in [5, 5.41) is 16.6. The second-order valence-electron chi connectivity index (χ2n) is 5.62. The van der Waals surface area contributed by atoms with Crippen LogP contribution < -0.4 is 5.32 Å². The summed E-state index contributed by atoms with van der Waals surface area (Å²) in [6.45, 7) is 0.954. The monoisotopic (exact) mass is 311 g/mol.